The summed E-state index contributed by atoms with van der Waals surface area (Å²) in [7, 11) is 1.32. The highest BCUT2D eigenvalue weighted by atomic mass is 16.5. The summed E-state index contributed by atoms with van der Waals surface area (Å²) < 4.78 is 10.3. The molecule has 0 saturated carbocycles. The molecule has 1 amide bonds. The van der Waals surface area contributed by atoms with Gasteiger partial charge in [-0.2, -0.15) is 10.1 Å². The van der Waals surface area contributed by atoms with Gasteiger partial charge in [0, 0.05) is 12.3 Å². The van der Waals surface area contributed by atoms with Crippen molar-refractivity contribution in [3.63, 3.8) is 0 Å². The average molecular weight is 357 g/mol. The van der Waals surface area contributed by atoms with Crippen LogP contribution in [0.15, 0.2) is 40.4 Å². The first-order valence-electron chi connectivity index (χ1n) is 8.76. The molecule has 1 fully saturated rings. The number of aliphatic imine (C=N–C) groups is 1. The maximum atomic E-state index is 13.0. The van der Waals surface area contributed by atoms with Gasteiger partial charge in [0.1, 0.15) is 5.92 Å². The minimum atomic E-state index is -0.643. The molecule has 0 radical (unpaired) electrons. The zero-order valence-electron chi connectivity index (χ0n) is 15.1. The second-order valence-electron chi connectivity index (χ2n) is 6.38. The summed E-state index contributed by atoms with van der Waals surface area (Å²) in [6, 6.07) is 9.15. The van der Waals surface area contributed by atoms with Crippen LogP contribution in [0.5, 0.6) is 0 Å². The summed E-state index contributed by atoms with van der Waals surface area (Å²) in [6.07, 6.45) is 2.09. The number of anilines is 1. The van der Waals surface area contributed by atoms with Crippen LogP contribution in [0.3, 0.4) is 0 Å². The Bertz CT molecular complexity index is 724. The van der Waals surface area contributed by atoms with Crippen LogP contribution in [0.1, 0.15) is 26.2 Å². The van der Waals surface area contributed by atoms with Crippen molar-refractivity contribution < 1.29 is 19.1 Å². The van der Waals surface area contributed by atoms with Crippen LogP contribution < -0.4 is 5.01 Å². The maximum absolute atomic E-state index is 13.0. The standard InChI is InChI=1S/C19H23N3O4/c1-13(20-12-15-9-6-10-26-15)18-16(11-17(23)25-2)21-22(19(18)24)14-7-4-3-5-8-14/h3-5,7-8,15,18H,6,9-12H2,1-2H3/t15-,18?/m1/s1. The van der Waals surface area contributed by atoms with E-state index in [1.807, 2.05) is 18.2 Å². The fraction of sp³-hybridized carbons (Fsp3) is 0.474. The quantitative estimate of drug-likeness (QED) is 0.577. The first-order chi connectivity index (χ1) is 12.6. The second-order valence-corrected chi connectivity index (χ2v) is 6.38. The molecule has 2 aliphatic heterocycles. The molecule has 0 aromatic heterocycles. The Morgan fingerprint density at radius 1 is 1.38 bits per heavy atom. The van der Waals surface area contributed by atoms with Gasteiger partial charge in [-0.3, -0.25) is 14.6 Å². The third-order valence-corrected chi connectivity index (χ3v) is 4.56. The zero-order valence-corrected chi connectivity index (χ0v) is 15.1. The maximum Gasteiger partial charge on any atom is 0.311 e. The van der Waals surface area contributed by atoms with Crippen molar-refractivity contribution in [3.05, 3.63) is 30.3 Å². The van der Waals surface area contributed by atoms with Crippen LogP contribution in [0.25, 0.3) is 0 Å². The van der Waals surface area contributed by atoms with E-state index in [4.69, 9.17) is 9.47 Å². The van der Waals surface area contributed by atoms with Crippen LogP contribution in [0.4, 0.5) is 5.69 Å². The smallest absolute Gasteiger partial charge is 0.311 e. The number of nitrogens with zero attached hydrogens (tertiary/aromatic N) is 3. The Morgan fingerprint density at radius 3 is 2.81 bits per heavy atom. The SMILES string of the molecule is COC(=O)CC1=NN(c2ccccc2)C(=O)C1C(C)=NC[C@H]1CCCO1. The van der Waals surface area contributed by atoms with Gasteiger partial charge >= 0.3 is 5.97 Å². The van der Waals surface area contributed by atoms with Gasteiger partial charge in [-0.1, -0.05) is 18.2 Å². The molecule has 26 heavy (non-hydrogen) atoms. The molecule has 0 spiro atoms. The first kappa shape index (κ1) is 18.3. The van der Waals surface area contributed by atoms with E-state index in [0.29, 0.717) is 23.7 Å². The second kappa shape index (κ2) is 8.23. The van der Waals surface area contributed by atoms with Crippen LogP contribution in [-0.2, 0) is 19.1 Å². The molecule has 2 atom stereocenters. The third kappa shape index (κ3) is 3.99. The molecule has 138 valence electrons. The number of amides is 1. The number of hydrogen-bond donors (Lipinski definition) is 0. The number of carbonyl (C=O) groups excluding carboxylic acids is 2. The van der Waals surface area contributed by atoms with Crippen molar-refractivity contribution in [3.8, 4) is 0 Å². The van der Waals surface area contributed by atoms with Crippen LogP contribution in [0, 0.1) is 5.92 Å². The molecule has 0 bridgehead atoms. The Balaban J connectivity index is 1.83. The number of carbonyl (C=O) groups is 2. The number of para-hydroxylation sites is 1. The topological polar surface area (TPSA) is 80.6 Å². The molecule has 1 unspecified atom stereocenters. The van der Waals surface area contributed by atoms with Crippen LogP contribution in [-0.4, -0.2) is 49.7 Å². The molecular weight excluding hydrogens is 334 g/mol. The molecule has 0 aliphatic carbocycles. The molecule has 7 nitrogen and oxygen atoms in total. The van der Waals surface area contributed by atoms with Gasteiger partial charge in [-0.25, -0.2) is 0 Å². The molecule has 1 saturated heterocycles. The minimum absolute atomic E-state index is 0.0387. The van der Waals surface area contributed by atoms with Gasteiger partial charge in [0.2, 0.25) is 0 Å². The number of rotatable bonds is 6. The van der Waals surface area contributed by atoms with E-state index in [9.17, 15) is 9.59 Å². The Morgan fingerprint density at radius 2 is 2.15 bits per heavy atom. The summed E-state index contributed by atoms with van der Waals surface area (Å²) in [6.45, 7) is 3.09. The number of esters is 1. The highest BCUT2D eigenvalue weighted by Crippen LogP contribution is 2.26. The molecule has 7 heteroatoms. The van der Waals surface area contributed by atoms with Crippen molar-refractivity contribution in [1.82, 2.24) is 0 Å². The monoisotopic (exact) mass is 357 g/mol. The number of ether oxygens (including phenoxy) is 2. The van der Waals surface area contributed by atoms with E-state index >= 15 is 0 Å². The first-order valence-corrected chi connectivity index (χ1v) is 8.76. The van der Waals surface area contributed by atoms with Crippen molar-refractivity contribution >= 4 is 29.0 Å². The summed E-state index contributed by atoms with van der Waals surface area (Å²) in [4.78, 5) is 29.3. The van der Waals surface area contributed by atoms with Gasteiger partial charge in [0.15, 0.2) is 0 Å². The van der Waals surface area contributed by atoms with E-state index in [1.54, 1.807) is 19.1 Å². The Hall–Kier alpha value is -2.54. The lowest BCUT2D eigenvalue weighted by atomic mass is 9.96. The van der Waals surface area contributed by atoms with Crippen molar-refractivity contribution in [2.24, 2.45) is 16.0 Å². The molecular formula is C19H23N3O4. The van der Waals surface area contributed by atoms with Crippen LogP contribution in [0.2, 0.25) is 0 Å². The molecule has 2 aliphatic rings. The van der Waals surface area contributed by atoms with Gasteiger partial charge in [-0.05, 0) is 31.9 Å². The normalized spacial score (nSPS) is 23.3. The zero-order chi connectivity index (χ0) is 18.5. The van der Waals surface area contributed by atoms with E-state index in [2.05, 4.69) is 10.1 Å². The van der Waals surface area contributed by atoms with Gasteiger partial charge < -0.3 is 9.47 Å². The summed E-state index contributed by atoms with van der Waals surface area (Å²) >= 11 is 0. The summed E-state index contributed by atoms with van der Waals surface area (Å²) in [5, 5.41) is 5.74. The number of benzene rings is 1. The lowest BCUT2D eigenvalue weighted by Crippen LogP contribution is -2.33. The van der Waals surface area contributed by atoms with Crippen molar-refractivity contribution in [2.75, 3.05) is 25.3 Å². The van der Waals surface area contributed by atoms with Crippen molar-refractivity contribution in [2.45, 2.75) is 32.3 Å². The Kier molecular flexibility index (Phi) is 5.78. The molecule has 1 aromatic rings. The van der Waals surface area contributed by atoms with E-state index in [0.717, 1.165) is 19.4 Å². The highest BCUT2D eigenvalue weighted by molar-refractivity contribution is 6.30. The van der Waals surface area contributed by atoms with E-state index < -0.39 is 11.9 Å². The lowest BCUT2D eigenvalue weighted by molar-refractivity contribution is -0.139. The van der Waals surface area contributed by atoms with E-state index in [1.165, 1.54) is 12.1 Å². The summed E-state index contributed by atoms with van der Waals surface area (Å²) in [5.74, 6) is -1.28. The Labute approximate surface area is 152 Å². The number of hydrogen-bond acceptors (Lipinski definition) is 6. The number of hydrazone groups is 1. The van der Waals surface area contributed by atoms with Gasteiger partial charge in [0.05, 0.1) is 37.6 Å². The molecule has 0 N–H and O–H groups in total. The average Bonchev–Trinajstić information content (AvgIpc) is 3.28. The molecule has 1 aromatic carbocycles. The summed E-state index contributed by atoms with van der Waals surface area (Å²) in [5.41, 5.74) is 1.76. The molecule has 3 rings (SSSR count). The van der Waals surface area contributed by atoms with Gasteiger partial charge in [0.25, 0.3) is 5.91 Å². The van der Waals surface area contributed by atoms with E-state index in [-0.39, 0.29) is 18.4 Å². The van der Waals surface area contributed by atoms with Crippen LogP contribution >= 0.6 is 0 Å². The predicted octanol–water partition coefficient (Wildman–Crippen LogP) is 2.21. The highest BCUT2D eigenvalue weighted by Gasteiger charge is 2.39. The fourth-order valence-corrected chi connectivity index (χ4v) is 3.16. The predicted molar refractivity (Wildman–Crippen MR) is 98.4 cm³/mol. The lowest BCUT2D eigenvalue weighted by Gasteiger charge is -2.15. The fourth-order valence-electron chi connectivity index (χ4n) is 3.16. The van der Waals surface area contributed by atoms with Crippen molar-refractivity contribution in [1.29, 1.82) is 0 Å². The molecule has 2 heterocycles. The largest absolute Gasteiger partial charge is 0.469 e. The third-order valence-electron chi connectivity index (χ3n) is 4.56. The van der Waals surface area contributed by atoms with Gasteiger partial charge in [-0.15, -0.1) is 0 Å². The minimum Gasteiger partial charge on any atom is -0.469 e. The number of methoxy groups -OCH3 is 1.